The number of benzene rings is 1. The van der Waals surface area contributed by atoms with Crippen molar-refractivity contribution >= 4 is 17.5 Å². The smallest absolute Gasteiger partial charge is 0.175 e. The van der Waals surface area contributed by atoms with Gasteiger partial charge in [0.15, 0.2) is 5.78 Å². The Hall–Kier alpha value is -0.760. The molecule has 0 bridgehead atoms. The number of Topliss-reactive ketones (excluding diaryl/α,β-unsaturated/α-hetero) is 1. The molecular weight excluding hydrogens is 228 g/mol. The normalized spacial score (nSPS) is 24.6. The molecule has 17 heavy (non-hydrogen) atoms. The van der Waals surface area contributed by atoms with Crippen LogP contribution < -0.4 is 0 Å². The minimum atomic E-state index is 0.226. The quantitative estimate of drug-likeness (QED) is 0.749. The van der Waals surface area contributed by atoms with Gasteiger partial charge in [-0.1, -0.05) is 30.7 Å². The van der Waals surface area contributed by atoms with E-state index in [4.69, 9.17) is 0 Å². The highest BCUT2D eigenvalue weighted by molar-refractivity contribution is 8.00. The summed E-state index contributed by atoms with van der Waals surface area (Å²) in [5.74, 6) is 2.25. The van der Waals surface area contributed by atoms with E-state index in [1.54, 1.807) is 0 Å². The molecule has 1 saturated carbocycles. The second kappa shape index (κ2) is 4.85. The summed E-state index contributed by atoms with van der Waals surface area (Å²) < 4.78 is 0. The van der Waals surface area contributed by atoms with E-state index in [1.165, 1.54) is 31.2 Å². The summed E-state index contributed by atoms with van der Waals surface area (Å²) in [5, 5.41) is 0.226. The topological polar surface area (TPSA) is 17.1 Å². The van der Waals surface area contributed by atoms with Crippen molar-refractivity contribution in [3.05, 3.63) is 35.4 Å². The van der Waals surface area contributed by atoms with Gasteiger partial charge in [0.05, 0.1) is 5.25 Å². The van der Waals surface area contributed by atoms with Crippen molar-refractivity contribution < 1.29 is 4.79 Å². The molecule has 2 fully saturated rings. The van der Waals surface area contributed by atoms with Crippen LogP contribution in [0.1, 0.15) is 53.9 Å². The van der Waals surface area contributed by atoms with Gasteiger partial charge in [-0.05, 0) is 42.9 Å². The van der Waals surface area contributed by atoms with Gasteiger partial charge in [-0.3, -0.25) is 4.79 Å². The highest BCUT2D eigenvalue weighted by atomic mass is 32.2. The number of hydrogen-bond acceptors (Lipinski definition) is 2. The van der Waals surface area contributed by atoms with E-state index in [-0.39, 0.29) is 5.25 Å². The lowest BCUT2D eigenvalue weighted by Crippen LogP contribution is -2.14. The number of carbonyl (C=O) groups excluding carboxylic acids is 1. The van der Waals surface area contributed by atoms with Crippen LogP contribution in [-0.2, 0) is 0 Å². The molecule has 0 amide bonds. The molecule has 1 aliphatic carbocycles. The van der Waals surface area contributed by atoms with Gasteiger partial charge in [0, 0.05) is 5.56 Å². The van der Waals surface area contributed by atoms with Crippen LogP contribution in [0.25, 0.3) is 0 Å². The number of rotatable bonds is 3. The van der Waals surface area contributed by atoms with Crippen molar-refractivity contribution in [3.8, 4) is 0 Å². The molecule has 1 atom stereocenters. The van der Waals surface area contributed by atoms with Gasteiger partial charge in [-0.15, -0.1) is 0 Å². The number of hydrogen-bond donors (Lipinski definition) is 0. The molecular formula is C15H18OS. The van der Waals surface area contributed by atoms with E-state index in [2.05, 4.69) is 12.1 Å². The Morgan fingerprint density at radius 3 is 2.35 bits per heavy atom. The second-order valence-corrected chi connectivity index (χ2v) is 6.43. The van der Waals surface area contributed by atoms with Crippen LogP contribution in [0.15, 0.2) is 24.3 Å². The zero-order valence-corrected chi connectivity index (χ0v) is 10.8. The average molecular weight is 246 g/mol. The molecule has 3 rings (SSSR count). The summed E-state index contributed by atoms with van der Waals surface area (Å²) >= 11 is 1.82. The number of thioether (sulfide) groups is 1. The lowest BCUT2D eigenvalue weighted by molar-refractivity contribution is 0.0988. The maximum absolute atomic E-state index is 12.2. The second-order valence-electron chi connectivity index (χ2n) is 5.12. The predicted octanol–water partition coefficient (Wildman–Crippen LogP) is 4.03. The summed E-state index contributed by atoms with van der Waals surface area (Å²) in [6.45, 7) is 0. The first-order valence-corrected chi connectivity index (χ1v) is 7.65. The van der Waals surface area contributed by atoms with Crippen molar-refractivity contribution in [1.29, 1.82) is 0 Å². The molecule has 1 aromatic rings. The molecule has 1 aliphatic heterocycles. The zero-order valence-electron chi connectivity index (χ0n) is 10.0. The van der Waals surface area contributed by atoms with E-state index in [0.29, 0.717) is 5.78 Å². The van der Waals surface area contributed by atoms with E-state index in [9.17, 15) is 4.79 Å². The monoisotopic (exact) mass is 246 g/mol. The standard InChI is InChI=1S/C15H18OS/c16-15(14-5-2-10-17-14)13-8-6-12(7-9-13)11-3-1-4-11/h6-9,11,14H,1-5,10H2. The Kier molecular flexibility index (Phi) is 3.24. The highest BCUT2D eigenvalue weighted by Gasteiger charge is 2.25. The molecule has 2 aliphatic rings. The average Bonchev–Trinajstić information content (AvgIpc) is 2.80. The lowest BCUT2D eigenvalue weighted by atomic mass is 9.80. The molecule has 0 radical (unpaired) electrons. The van der Waals surface area contributed by atoms with Crippen LogP contribution in [-0.4, -0.2) is 16.8 Å². The third-order valence-electron chi connectivity index (χ3n) is 3.99. The van der Waals surface area contributed by atoms with Gasteiger partial charge in [-0.2, -0.15) is 11.8 Å². The van der Waals surface area contributed by atoms with Gasteiger partial charge < -0.3 is 0 Å². The van der Waals surface area contributed by atoms with Crippen LogP contribution in [0.4, 0.5) is 0 Å². The first-order chi connectivity index (χ1) is 8.34. The summed E-state index contributed by atoms with van der Waals surface area (Å²) in [7, 11) is 0. The molecule has 1 nitrogen and oxygen atoms in total. The Labute approximate surface area is 107 Å². The van der Waals surface area contributed by atoms with Crippen molar-refractivity contribution in [2.75, 3.05) is 5.75 Å². The summed E-state index contributed by atoms with van der Waals surface area (Å²) in [6, 6.07) is 8.40. The van der Waals surface area contributed by atoms with Crippen LogP contribution in [0.2, 0.25) is 0 Å². The van der Waals surface area contributed by atoms with Crippen molar-refractivity contribution in [2.45, 2.75) is 43.3 Å². The maximum Gasteiger partial charge on any atom is 0.175 e. The van der Waals surface area contributed by atoms with Crippen LogP contribution >= 0.6 is 11.8 Å². The van der Waals surface area contributed by atoms with Gasteiger partial charge in [0.2, 0.25) is 0 Å². The van der Waals surface area contributed by atoms with Gasteiger partial charge in [-0.25, -0.2) is 0 Å². The summed E-state index contributed by atoms with van der Waals surface area (Å²) in [4.78, 5) is 12.2. The fraction of sp³-hybridized carbons (Fsp3) is 0.533. The molecule has 0 spiro atoms. The van der Waals surface area contributed by atoms with E-state index < -0.39 is 0 Å². The van der Waals surface area contributed by atoms with Crippen LogP contribution in [0.3, 0.4) is 0 Å². The lowest BCUT2D eigenvalue weighted by Gasteiger charge is -2.25. The fourth-order valence-corrected chi connectivity index (χ4v) is 3.87. The maximum atomic E-state index is 12.2. The summed E-state index contributed by atoms with van der Waals surface area (Å²) in [5.41, 5.74) is 2.33. The fourth-order valence-electron chi connectivity index (χ4n) is 2.63. The SMILES string of the molecule is O=C(c1ccc(C2CCC2)cc1)C1CCCS1. The Balaban J connectivity index is 1.72. The Morgan fingerprint density at radius 1 is 1.06 bits per heavy atom. The first-order valence-electron chi connectivity index (χ1n) is 6.60. The Bertz CT molecular complexity index is 399. The molecule has 1 unspecified atom stereocenters. The van der Waals surface area contributed by atoms with Crippen molar-refractivity contribution in [2.24, 2.45) is 0 Å². The Morgan fingerprint density at radius 2 is 1.82 bits per heavy atom. The van der Waals surface area contributed by atoms with E-state index in [1.807, 2.05) is 23.9 Å². The van der Waals surface area contributed by atoms with Gasteiger partial charge in [0.1, 0.15) is 0 Å². The first kappa shape index (κ1) is 11.3. The molecule has 0 aromatic heterocycles. The molecule has 2 heteroatoms. The number of ketones is 1. The molecule has 1 aromatic carbocycles. The third-order valence-corrected chi connectivity index (χ3v) is 5.37. The molecule has 90 valence electrons. The van der Waals surface area contributed by atoms with Crippen molar-refractivity contribution in [3.63, 3.8) is 0 Å². The zero-order chi connectivity index (χ0) is 11.7. The number of carbonyl (C=O) groups is 1. The van der Waals surface area contributed by atoms with Gasteiger partial charge in [0.25, 0.3) is 0 Å². The molecule has 1 saturated heterocycles. The molecule has 1 heterocycles. The minimum absolute atomic E-state index is 0.226. The van der Waals surface area contributed by atoms with Gasteiger partial charge >= 0.3 is 0 Å². The third kappa shape index (κ3) is 2.28. The highest BCUT2D eigenvalue weighted by Crippen LogP contribution is 2.36. The molecule has 0 N–H and O–H groups in total. The largest absolute Gasteiger partial charge is 0.293 e. The summed E-state index contributed by atoms with van der Waals surface area (Å²) in [6.07, 6.45) is 6.27. The van der Waals surface area contributed by atoms with Crippen molar-refractivity contribution in [1.82, 2.24) is 0 Å². The van der Waals surface area contributed by atoms with E-state index in [0.717, 1.165) is 23.7 Å². The minimum Gasteiger partial charge on any atom is -0.293 e. The predicted molar refractivity (Wildman–Crippen MR) is 72.8 cm³/mol. The van der Waals surface area contributed by atoms with E-state index >= 15 is 0 Å². The van der Waals surface area contributed by atoms with Crippen LogP contribution in [0, 0.1) is 0 Å². The van der Waals surface area contributed by atoms with Crippen LogP contribution in [0.5, 0.6) is 0 Å².